The number of aryl methyl sites for hydroxylation is 1. The second-order valence-electron chi connectivity index (χ2n) is 7.18. The molecule has 0 bridgehead atoms. The highest BCUT2D eigenvalue weighted by atomic mass is 16.5. The molecule has 3 rings (SSSR count). The molecule has 28 heavy (non-hydrogen) atoms. The quantitative estimate of drug-likeness (QED) is 0.676. The number of carbonyl (C=O) groups excluding carboxylic acids is 1. The minimum absolute atomic E-state index is 0.0626. The van der Waals surface area contributed by atoms with Crippen LogP contribution in [0.5, 0.6) is 5.75 Å². The molecule has 0 spiro atoms. The van der Waals surface area contributed by atoms with Gasteiger partial charge < -0.3 is 14.8 Å². The smallest absolute Gasteiger partial charge is 0.257 e. The molecule has 150 valence electrons. The second-order valence-corrected chi connectivity index (χ2v) is 7.18. The second kappa shape index (κ2) is 10.8. The molecular formula is C23H30N2O3. The Morgan fingerprint density at radius 3 is 2.75 bits per heavy atom. The summed E-state index contributed by atoms with van der Waals surface area (Å²) < 4.78 is 11.5. The van der Waals surface area contributed by atoms with Gasteiger partial charge in [0, 0.05) is 19.6 Å². The minimum Gasteiger partial charge on any atom is -0.484 e. The van der Waals surface area contributed by atoms with Gasteiger partial charge >= 0.3 is 0 Å². The Kier molecular flexibility index (Phi) is 7.88. The van der Waals surface area contributed by atoms with Gasteiger partial charge in [-0.15, -0.1) is 0 Å². The number of nitrogens with one attached hydrogen (secondary N) is 1. The maximum absolute atomic E-state index is 11.9. The fourth-order valence-corrected chi connectivity index (χ4v) is 3.38. The third kappa shape index (κ3) is 6.36. The highest BCUT2D eigenvalue weighted by Crippen LogP contribution is 2.22. The zero-order chi connectivity index (χ0) is 19.6. The lowest BCUT2D eigenvalue weighted by atomic mass is 10.1. The fraction of sp³-hybridized carbons (Fsp3) is 0.435. The van der Waals surface area contributed by atoms with Crippen LogP contribution in [0.4, 0.5) is 0 Å². The molecule has 1 amide bonds. The lowest BCUT2D eigenvalue weighted by Crippen LogP contribution is -2.39. The number of rotatable bonds is 9. The Morgan fingerprint density at radius 2 is 1.93 bits per heavy atom. The lowest BCUT2D eigenvalue weighted by Gasteiger charge is -2.33. The van der Waals surface area contributed by atoms with Gasteiger partial charge in [0.05, 0.1) is 12.7 Å². The first-order valence-corrected chi connectivity index (χ1v) is 10.1. The molecular weight excluding hydrogens is 352 g/mol. The number of nitrogens with zero attached hydrogens (tertiary/aromatic N) is 1. The highest BCUT2D eigenvalue weighted by molar-refractivity contribution is 5.77. The van der Waals surface area contributed by atoms with Crippen LogP contribution in [0.2, 0.25) is 0 Å². The molecule has 0 aliphatic carbocycles. The van der Waals surface area contributed by atoms with Gasteiger partial charge in [-0.2, -0.15) is 0 Å². The molecule has 1 N–H and O–H groups in total. The fourth-order valence-electron chi connectivity index (χ4n) is 3.38. The zero-order valence-electron chi connectivity index (χ0n) is 16.6. The maximum Gasteiger partial charge on any atom is 0.257 e. The van der Waals surface area contributed by atoms with Gasteiger partial charge in [-0.1, -0.05) is 48.5 Å². The summed E-state index contributed by atoms with van der Waals surface area (Å²) in [4.78, 5) is 14.4. The van der Waals surface area contributed by atoms with Crippen molar-refractivity contribution in [2.45, 2.75) is 25.9 Å². The van der Waals surface area contributed by atoms with Crippen molar-refractivity contribution in [3.8, 4) is 5.75 Å². The summed E-state index contributed by atoms with van der Waals surface area (Å²) in [5.41, 5.74) is 2.28. The number of morpholine rings is 1. The van der Waals surface area contributed by atoms with E-state index in [1.165, 1.54) is 5.56 Å². The molecule has 1 atom stereocenters. The van der Waals surface area contributed by atoms with Crippen LogP contribution in [0.3, 0.4) is 0 Å². The number of ether oxygens (including phenoxy) is 2. The molecule has 1 heterocycles. The van der Waals surface area contributed by atoms with Crippen molar-refractivity contribution < 1.29 is 14.3 Å². The van der Waals surface area contributed by atoms with E-state index >= 15 is 0 Å². The van der Waals surface area contributed by atoms with E-state index < -0.39 is 0 Å². The summed E-state index contributed by atoms with van der Waals surface area (Å²) in [5.74, 6) is 0.691. The first-order chi connectivity index (χ1) is 13.7. The number of amides is 1. The van der Waals surface area contributed by atoms with Crippen molar-refractivity contribution in [3.63, 3.8) is 0 Å². The number of carbonyl (C=O) groups is 1. The summed E-state index contributed by atoms with van der Waals surface area (Å²) in [7, 11) is 0. The van der Waals surface area contributed by atoms with Crippen molar-refractivity contribution in [2.24, 2.45) is 0 Å². The SMILES string of the molecule is Cc1ccccc1OCC(=O)NCCCCN1CCO[C@@H](c2ccccc2)C1. The Balaban J connectivity index is 1.28. The van der Waals surface area contributed by atoms with Crippen LogP contribution >= 0.6 is 0 Å². The molecule has 1 fully saturated rings. The Labute approximate surface area is 167 Å². The van der Waals surface area contributed by atoms with Gasteiger partial charge in [0.15, 0.2) is 6.61 Å². The van der Waals surface area contributed by atoms with E-state index in [9.17, 15) is 4.79 Å². The average molecular weight is 383 g/mol. The third-order valence-electron chi connectivity index (χ3n) is 5.00. The summed E-state index contributed by atoms with van der Waals surface area (Å²) in [6, 6.07) is 18.1. The Bertz CT molecular complexity index is 736. The van der Waals surface area contributed by atoms with E-state index in [0.29, 0.717) is 6.54 Å². The summed E-state index contributed by atoms with van der Waals surface area (Å²) in [6.07, 6.45) is 2.18. The van der Waals surface area contributed by atoms with Gasteiger partial charge in [-0.3, -0.25) is 9.69 Å². The molecule has 0 saturated carbocycles. The van der Waals surface area contributed by atoms with Crippen molar-refractivity contribution in [3.05, 3.63) is 65.7 Å². The maximum atomic E-state index is 11.9. The number of benzene rings is 2. The van der Waals surface area contributed by atoms with E-state index in [1.54, 1.807) is 0 Å². The largest absolute Gasteiger partial charge is 0.484 e. The van der Waals surface area contributed by atoms with Crippen LogP contribution < -0.4 is 10.1 Å². The predicted octanol–water partition coefficient (Wildman–Crippen LogP) is 3.34. The molecule has 0 aromatic heterocycles. The summed E-state index contributed by atoms with van der Waals surface area (Å²) >= 11 is 0. The normalized spacial score (nSPS) is 17.2. The van der Waals surface area contributed by atoms with Crippen LogP contribution in [0.15, 0.2) is 54.6 Å². The molecule has 5 heteroatoms. The molecule has 0 unspecified atom stereocenters. The number of para-hydroxylation sites is 1. The minimum atomic E-state index is -0.0706. The molecule has 1 saturated heterocycles. The monoisotopic (exact) mass is 382 g/mol. The topological polar surface area (TPSA) is 50.8 Å². The lowest BCUT2D eigenvalue weighted by molar-refractivity contribution is -0.123. The van der Waals surface area contributed by atoms with Crippen LogP contribution in [0.25, 0.3) is 0 Å². The van der Waals surface area contributed by atoms with E-state index in [0.717, 1.165) is 50.4 Å². The van der Waals surface area contributed by atoms with Crippen molar-refractivity contribution >= 4 is 5.91 Å². The highest BCUT2D eigenvalue weighted by Gasteiger charge is 2.21. The predicted molar refractivity (Wildman–Crippen MR) is 110 cm³/mol. The van der Waals surface area contributed by atoms with Gasteiger partial charge in [-0.05, 0) is 43.5 Å². The standard InChI is InChI=1S/C23H30N2O3/c1-19-9-5-6-12-21(19)28-18-23(26)24-13-7-8-14-25-15-16-27-22(17-25)20-10-3-2-4-11-20/h2-6,9-12,22H,7-8,13-18H2,1H3,(H,24,26)/t22-/m1/s1. The van der Waals surface area contributed by atoms with E-state index in [-0.39, 0.29) is 18.6 Å². The summed E-state index contributed by atoms with van der Waals surface area (Å²) in [6.45, 7) is 6.42. The first kappa shape index (κ1) is 20.4. The van der Waals surface area contributed by atoms with Gasteiger partial charge in [0.25, 0.3) is 5.91 Å². The first-order valence-electron chi connectivity index (χ1n) is 10.1. The molecule has 2 aromatic rings. The zero-order valence-corrected chi connectivity index (χ0v) is 16.6. The number of hydrogen-bond acceptors (Lipinski definition) is 4. The van der Waals surface area contributed by atoms with Gasteiger partial charge in [0.2, 0.25) is 0 Å². The summed E-state index contributed by atoms with van der Waals surface area (Å²) in [5, 5.41) is 2.94. The Hall–Kier alpha value is -2.37. The average Bonchev–Trinajstić information content (AvgIpc) is 2.74. The molecule has 1 aliphatic heterocycles. The van der Waals surface area contributed by atoms with Crippen molar-refractivity contribution in [2.75, 3.05) is 39.4 Å². The Morgan fingerprint density at radius 1 is 1.14 bits per heavy atom. The van der Waals surface area contributed by atoms with Gasteiger partial charge in [0.1, 0.15) is 5.75 Å². The molecule has 1 aliphatic rings. The molecule has 0 radical (unpaired) electrons. The van der Waals surface area contributed by atoms with E-state index in [1.807, 2.05) is 37.3 Å². The van der Waals surface area contributed by atoms with Crippen LogP contribution in [0, 0.1) is 6.92 Å². The number of unbranched alkanes of at least 4 members (excludes halogenated alkanes) is 1. The molecule has 2 aromatic carbocycles. The van der Waals surface area contributed by atoms with Gasteiger partial charge in [-0.25, -0.2) is 0 Å². The van der Waals surface area contributed by atoms with Crippen LogP contribution in [-0.2, 0) is 9.53 Å². The third-order valence-corrected chi connectivity index (χ3v) is 5.00. The van der Waals surface area contributed by atoms with Crippen LogP contribution in [0.1, 0.15) is 30.1 Å². The van der Waals surface area contributed by atoms with E-state index in [4.69, 9.17) is 9.47 Å². The van der Waals surface area contributed by atoms with E-state index in [2.05, 4.69) is 34.5 Å². The van der Waals surface area contributed by atoms with Crippen molar-refractivity contribution in [1.82, 2.24) is 10.2 Å². The number of hydrogen-bond donors (Lipinski definition) is 1. The van der Waals surface area contributed by atoms with Crippen molar-refractivity contribution in [1.29, 1.82) is 0 Å². The molecule has 5 nitrogen and oxygen atoms in total. The van der Waals surface area contributed by atoms with Crippen LogP contribution in [-0.4, -0.2) is 50.2 Å².